The molecule has 38 heavy (non-hydrogen) atoms. The van der Waals surface area contributed by atoms with E-state index >= 15 is 4.39 Å². The first-order chi connectivity index (χ1) is 18.2. The Morgan fingerprint density at radius 3 is 2.53 bits per heavy atom. The van der Waals surface area contributed by atoms with Crippen LogP contribution in [-0.4, -0.2) is 84.3 Å². The van der Waals surface area contributed by atoms with Gasteiger partial charge in [-0.05, 0) is 81.7 Å². The Labute approximate surface area is 226 Å². The average Bonchev–Trinajstić information content (AvgIpc) is 3.22. The second kappa shape index (κ2) is 11.0. The number of rotatable bonds is 10. The molecule has 2 heterocycles. The van der Waals surface area contributed by atoms with Gasteiger partial charge in [0.25, 0.3) is 0 Å². The van der Waals surface area contributed by atoms with Gasteiger partial charge in [-0.15, -0.1) is 0 Å². The van der Waals surface area contributed by atoms with Gasteiger partial charge in [0.1, 0.15) is 17.3 Å². The predicted octanol–water partition coefficient (Wildman–Crippen LogP) is 4.42. The second-order valence-electron chi connectivity index (χ2n) is 11.9. The highest BCUT2D eigenvalue weighted by Gasteiger charge is 2.51. The van der Waals surface area contributed by atoms with Crippen molar-refractivity contribution >= 4 is 5.70 Å². The first-order valence-corrected chi connectivity index (χ1v) is 13.9. The smallest absolute Gasteiger partial charge is 0.132 e. The van der Waals surface area contributed by atoms with Crippen molar-refractivity contribution in [2.24, 2.45) is 5.41 Å². The molecule has 3 fully saturated rings. The minimum atomic E-state index is -0.244. The Bertz CT molecular complexity index is 1140. The predicted molar refractivity (Wildman–Crippen MR) is 147 cm³/mol. The number of benzene rings is 1. The Morgan fingerprint density at radius 1 is 1.21 bits per heavy atom. The highest BCUT2D eigenvalue weighted by atomic mass is 19.1. The van der Waals surface area contributed by atoms with Crippen molar-refractivity contribution in [1.82, 2.24) is 19.6 Å². The number of aliphatic hydroxyl groups excluding tert-OH is 1. The molecule has 1 aromatic carbocycles. The maximum absolute atomic E-state index is 15.5. The monoisotopic (exact) mass is 526 g/mol. The first kappa shape index (κ1) is 27.2. The van der Waals surface area contributed by atoms with Crippen LogP contribution in [0, 0.1) is 18.2 Å². The quantitative estimate of drug-likeness (QED) is 0.495. The van der Waals surface area contributed by atoms with Crippen LogP contribution in [0.25, 0.3) is 5.70 Å². The largest absolute Gasteiger partial charge is 0.496 e. The normalized spacial score (nSPS) is 22.8. The molecule has 5 rings (SSSR count). The molecule has 1 aromatic heterocycles. The maximum atomic E-state index is 15.5. The lowest BCUT2D eigenvalue weighted by Gasteiger charge is -2.57. The molecule has 0 amide bonds. The van der Waals surface area contributed by atoms with Crippen LogP contribution < -0.4 is 4.74 Å². The summed E-state index contributed by atoms with van der Waals surface area (Å²) >= 11 is 0. The average molecular weight is 527 g/mol. The number of hydrogen-bond acceptors (Lipinski definition) is 6. The highest BCUT2D eigenvalue weighted by Crippen LogP contribution is 2.50. The minimum Gasteiger partial charge on any atom is -0.496 e. The Morgan fingerprint density at radius 2 is 1.92 bits per heavy atom. The number of methoxy groups -OCH3 is 1. The van der Waals surface area contributed by atoms with Gasteiger partial charge in [-0.25, -0.2) is 4.39 Å². The lowest BCUT2D eigenvalue weighted by molar-refractivity contribution is -0.186. The number of aliphatic hydroxyl groups is 1. The molecule has 3 aliphatic rings. The van der Waals surface area contributed by atoms with Gasteiger partial charge < -0.3 is 24.4 Å². The van der Waals surface area contributed by atoms with Crippen molar-refractivity contribution in [1.29, 1.82) is 0 Å². The zero-order chi connectivity index (χ0) is 27.0. The van der Waals surface area contributed by atoms with Crippen LogP contribution in [0.4, 0.5) is 4.39 Å². The van der Waals surface area contributed by atoms with Gasteiger partial charge in [-0.2, -0.15) is 5.10 Å². The van der Waals surface area contributed by atoms with Gasteiger partial charge in [0.05, 0.1) is 44.7 Å². The van der Waals surface area contributed by atoms with Crippen molar-refractivity contribution in [3.63, 3.8) is 0 Å². The van der Waals surface area contributed by atoms with Crippen LogP contribution >= 0.6 is 0 Å². The van der Waals surface area contributed by atoms with E-state index in [1.165, 1.54) is 12.8 Å². The maximum Gasteiger partial charge on any atom is 0.132 e. The van der Waals surface area contributed by atoms with E-state index in [1.807, 2.05) is 31.1 Å². The van der Waals surface area contributed by atoms with Gasteiger partial charge >= 0.3 is 0 Å². The molecule has 208 valence electrons. The molecule has 7 nitrogen and oxygen atoms in total. The number of aromatic nitrogens is 2. The summed E-state index contributed by atoms with van der Waals surface area (Å²) in [6.45, 7) is 8.78. The molecule has 2 aromatic rings. The third kappa shape index (κ3) is 5.23. The molecule has 1 N–H and O–H groups in total. The van der Waals surface area contributed by atoms with E-state index in [9.17, 15) is 5.11 Å². The van der Waals surface area contributed by atoms with E-state index in [4.69, 9.17) is 9.47 Å². The lowest BCUT2D eigenvalue weighted by atomic mass is 9.63. The molecule has 1 aliphatic heterocycles. The first-order valence-electron chi connectivity index (χ1n) is 13.9. The van der Waals surface area contributed by atoms with Crippen LogP contribution in [0.15, 0.2) is 24.9 Å². The summed E-state index contributed by atoms with van der Waals surface area (Å²) in [6, 6.07) is 5.05. The van der Waals surface area contributed by atoms with Crippen molar-refractivity contribution in [2.45, 2.75) is 70.0 Å². The molecule has 1 saturated heterocycles. The standard InChI is InChI=1S/C30H43FN4O3/c1-20-16-35(32-29(20)21(2)33(3)10-11-36)17-26-27(31)12-23(13-28(26)37-5)22-6-8-24(9-7-22)34(4)25-14-30(15-25)18-38-19-30/h12-13,16,22,24-25,36H,2,6-11,14-15,17-19H2,1,3-5H3. The molecule has 0 atom stereocenters. The number of likely N-dealkylation sites (N-methyl/N-ethyl adjacent to an activating group) is 1. The molecule has 0 radical (unpaired) electrons. The number of hydrogen-bond donors (Lipinski definition) is 1. The fourth-order valence-electron chi connectivity index (χ4n) is 6.69. The summed E-state index contributed by atoms with van der Waals surface area (Å²) in [7, 11) is 5.77. The SMILES string of the molecule is C=C(c1nn(Cc2c(F)cc(C3CCC(N(C)C4CC5(COC5)C4)CC3)cc2OC)cc1C)N(C)CCO. The highest BCUT2D eigenvalue weighted by molar-refractivity contribution is 5.60. The molecule has 8 heteroatoms. The van der Waals surface area contributed by atoms with Crippen LogP contribution in [0.5, 0.6) is 5.75 Å². The summed E-state index contributed by atoms with van der Waals surface area (Å²) in [6.07, 6.45) is 8.90. The van der Waals surface area contributed by atoms with Gasteiger partial charge in [-0.3, -0.25) is 4.68 Å². The number of nitrogens with zero attached hydrogens (tertiary/aromatic N) is 4. The van der Waals surface area contributed by atoms with E-state index in [0.717, 1.165) is 61.4 Å². The van der Waals surface area contributed by atoms with Crippen LogP contribution in [0.2, 0.25) is 0 Å². The number of aryl methyl sites for hydroxylation is 1. The Balaban J connectivity index is 1.23. The zero-order valence-corrected chi connectivity index (χ0v) is 23.4. The fraction of sp³-hybridized carbons (Fsp3) is 0.633. The molecule has 0 unspecified atom stereocenters. The van der Waals surface area contributed by atoms with E-state index in [-0.39, 0.29) is 19.0 Å². The van der Waals surface area contributed by atoms with E-state index in [2.05, 4.69) is 23.6 Å². The molecule has 0 bridgehead atoms. The summed E-state index contributed by atoms with van der Waals surface area (Å²) in [5, 5.41) is 13.9. The van der Waals surface area contributed by atoms with Crippen molar-refractivity contribution in [3.05, 3.63) is 53.1 Å². The fourth-order valence-corrected chi connectivity index (χ4v) is 6.69. The van der Waals surface area contributed by atoms with Crippen LogP contribution in [0.3, 0.4) is 0 Å². The number of ether oxygens (including phenoxy) is 2. The van der Waals surface area contributed by atoms with Crippen molar-refractivity contribution in [2.75, 3.05) is 47.6 Å². The summed E-state index contributed by atoms with van der Waals surface area (Å²) in [4.78, 5) is 4.48. The Hall–Kier alpha value is -2.42. The molecule has 1 spiro atoms. The van der Waals surface area contributed by atoms with E-state index < -0.39 is 0 Å². The third-order valence-corrected chi connectivity index (χ3v) is 9.30. The summed E-state index contributed by atoms with van der Waals surface area (Å²) in [5.74, 6) is 0.688. The topological polar surface area (TPSA) is 63.0 Å². The number of halogens is 1. The molecular weight excluding hydrogens is 483 g/mol. The van der Waals surface area contributed by atoms with Gasteiger partial charge in [0.2, 0.25) is 0 Å². The van der Waals surface area contributed by atoms with E-state index in [1.54, 1.807) is 17.9 Å². The molecular formula is C30H43FN4O3. The third-order valence-electron chi connectivity index (χ3n) is 9.30. The van der Waals surface area contributed by atoms with Crippen LogP contribution in [-0.2, 0) is 11.3 Å². The lowest BCUT2D eigenvalue weighted by Crippen LogP contribution is -2.60. The van der Waals surface area contributed by atoms with Gasteiger partial charge in [0.15, 0.2) is 0 Å². The van der Waals surface area contributed by atoms with E-state index in [0.29, 0.717) is 41.3 Å². The van der Waals surface area contributed by atoms with Gasteiger partial charge in [0, 0.05) is 37.3 Å². The zero-order valence-electron chi connectivity index (χ0n) is 23.4. The van der Waals surface area contributed by atoms with Crippen LogP contribution in [0.1, 0.15) is 66.8 Å². The molecule has 2 aliphatic carbocycles. The summed E-state index contributed by atoms with van der Waals surface area (Å²) < 4.78 is 28.4. The second-order valence-corrected chi connectivity index (χ2v) is 11.9. The van der Waals surface area contributed by atoms with Crippen molar-refractivity contribution in [3.8, 4) is 5.75 Å². The van der Waals surface area contributed by atoms with Gasteiger partial charge in [-0.1, -0.05) is 6.58 Å². The summed E-state index contributed by atoms with van der Waals surface area (Å²) in [5.41, 5.74) is 4.47. The van der Waals surface area contributed by atoms with Crippen molar-refractivity contribution < 1.29 is 19.0 Å². The Kier molecular flexibility index (Phi) is 7.85. The molecule has 2 saturated carbocycles. The minimum absolute atomic E-state index is 0.0410.